The molecule has 0 saturated heterocycles. The molecule has 6 nitrogen and oxygen atoms in total. The van der Waals surface area contributed by atoms with Crippen LogP contribution in [0, 0.1) is 0 Å². The van der Waals surface area contributed by atoms with E-state index in [0.29, 0.717) is 24.6 Å². The summed E-state index contributed by atoms with van der Waals surface area (Å²) in [5, 5.41) is 8.47. The first-order valence-electron chi connectivity index (χ1n) is 5.45. The Balaban J connectivity index is 4.26. The zero-order valence-corrected chi connectivity index (χ0v) is 12.6. The number of ether oxygens (including phenoxy) is 2. The van der Waals surface area contributed by atoms with Crippen molar-refractivity contribution in [1.82, 2.24) is 10.9 Å². The molecule has 0 aliphatic rings. The van der Waals surface area contributed by atoms with Gasteiger partial charge in [0.1, 0.15) is 0 Å². The second-order valence-electron chi connectivity index (χ2n) is 3.06. The monoisotopic (exact) mass is 290 g/mol. The summed E-state index contributed by atoms with van der Waals surface area (Å²) in [6.45, 7) is 8.25. The van der Waals surface area contributed by atoms with Crippen LogP contribution in [-0.4, -0.2) is 35.0 Å². The average molecular weight is 290 g/mol. The number of thiocarbonyl (C=S) groups is 2. The van der Waals surface area contributed by atoms with Gasteiger partial charge in [0.2, 0.25) is 0 Å². The van der Waals surface area contributed by atoms with Crippen molar-refractivity contribution in [2.75, 3.05) is 13.2 Å². The molecule has 0 spiro atoms. The van der Waals surface area contributed by atoms with Crippen molar-refractivity contribution in [2.45, 2.75) is 27.7 Å². The van der Waals surface area contributed by atoms with Gasteiger partial charge in [0.25, 0.3) is 10.3 Å². The highest BCUT2D eigenvalue weighted by Crippen LogP contribution is 1.85. The van der Waals surface area contributed by atoms with Gasteiger partial charge in [-0.3, -0.25) is 0 Å². The molecule has 2 N–H and O–H groups in total. The third-order valence-corrected chi connectivity index (χ3v) is 2.12. The van der Waals surface area contributed by atoms with Gasteiger partial charge in [0.15, 0.2) is 0 Å². The predicted octanol–water partition coefficient (Wildman–Crippen LogP) is 1.56. The molecule has 102 valence electrons. The lowest BCUT2D eigenvalue weighted by Crippen LogP contribution is -2.24. The maximum Gasteiger partial charge on any atom is 0.277 e. The van der Waals surface area contributed by atoms with Crippen LogP contribution >= 0.6 is 24.4 Å². The predicted molar refractivity (Wildman–Crippen MR) is 80.9 cm³/mol. The first kappa shape index (κ1) is 16.7. The third-order valence-electron chi connectivity index (χ3n) is 1.70. The fraction of sp³-hybridized carbons (Fsp3) is 0.600. The third kappa shape index (κ3) is 7.91. The Morgan fingerprint density at radius 1 is 0.889 bits per heavy atom. The van der Waals surface area contributed by atoms with Crippen molar-refractivity contribution in [3.8, 4) is 0 Å². The summed E-state index contributed by atoms with van der Waals surface area (Å²) in [5.74, 6) is 0. The molecule has 0 rings (SSSR count). The fourth-order valence-electron chi connectivity index (χ4n) is 0.748. The fourth-order valence-corrected chi connectivity index (χ4v) is 1.07. The molecule has 0 unspecified atom stereocenters. The van der Waals surface area contributed by atoms with Gasteiger partial charge in [0.05, 0.1) is 24.6 Å². The summed E-state index contributed by atoms with van der Waals surface area (Å²) in [6.07, 6.45) is 0. The molecule has 0 fully saturated rings. The van der Waals surface area contributed by atoms with E-state index in [4.69, 9.17) is 33.9 Å². The Morgan fingerprint density at radius 2 is 1.22 bits per heavy atom. The molecule has 0 aromatic rings. The van der Waals surface area contributed by atoms with Crippen LogP contribution in [-0.2, 0) is 9.47 Å². The van der Waals surface area contributed by atoms with E-state index < -0.39 is 0 Å². The van der Waals surface area contributed by atoms with Gasteiger partial charge in [-0.25, -0.2) is 10.9 Å². The first-order valence-corrected chi connectivity index (χ1v) is 6.27. The summed E-state index contributed by atoms with van der Waals surface area (Å²) in [5.41, 5.74) is 6.52. The van der Waals surface area contributed by atoms with Crippen LogP contribution in [0.1, 0.15) is 27.7 Å². The van der Waals surface area contributed by atoms with Crippen LogP contribution in [0.5, 0.6) is 0 Å². The Morgan fingerprint density at radius 3 is 1.50 bits per heavy atom. The molecule has 0 aromatic carbocycles. The summed E-state index contributed by atoms with van der Waals surface area (Å²) in [6, 6.07) is 0. The molecule has 0 atom stereocenters. The molecule has 0 aliphatic carbocycles. The molecular weight excluding hydrogens is 272 g/mol. The maximum atomic E-state index is 5.02. The van der Waals surface area contributed by atoms with E-state index in [-0.39, 0.29) is 10.3 Å². The highest BCUT2D eigenvalue weighted by Gasteiger charge is 1.99. The molecule has 18 heavy (non-hydrogen) atoms. The van der Waals surface area contributed by atoms with E-state index in [0.717, 1.165) is 0 Å². The summed E-state index contributed by atoms with van der Waals surface area (Å²) in [7, 11) is 0. The largest absolute Gasteiger partial charge is 0.470 e. The zero-order chi connectivity index (χ0) is 14.0. The highest BCUT2D eigenvalue weighted by molar-refractivity contribution is 7.80. The van der Waals surface area contributed by atoms with Crippen LogP contribution in [0.2, 0.25) is 0 Å². The smallest absolute Gasteiger partial charge is 0.277 e. The lowest BCUT2D eigenvalue weighted by molar-refractivity contribution is 0.321. The van der Waals surface area contributed by atoms with E-state index >= 15 is 0 Å². The van der Waals surface area contributed by atoms with E-state index in [1.54, 1.807) is 13.8 Å². The van der Waals surface area contributed by atoms with Crippen molar-refractivity contribution in [2.24, 2.45) is 10.2 Å². The number of hydrogen-bond donors (Lipinski definition) is 2. The summed E-state index contributed by atoms with van der Waals surface area (Å²) < 4.78 is 10.0. The molecule has 0 saturated carbocycles. The molecule has 0 amide bonds. The number of hydrazone groups is 2. The second kappa shape index (κ2) is 9.72. The van der Waals surface area contributed by atoms with Crippen molar-refractivity contribution in [3.05, 3.63) is 0 Å². The number of rotatable bonds is 5. The van der Waals surface area contributed by atoms with Gasteiger partial charge in [-0.2, -0.15) is 10.2 Å². The van der Waals surface area contributed by atoms with Gasteiger partial charge >= 0.3 is 0 Å². The Kier molecular flexibility index (Phi) is 9.03. The molecule has 0 radical (unpaired) electrons. The molecule has 0 aliphatic heterocycles. The summed E-state index contributed by atoms with van der Waals surface area (Å²) >= 11 is 9.72. The minimum Gasteiger partial charge on any atom is -0.470 e. The standard InChI is InChI=1S/C10H18N4O2S2/c1-5-15-9(17)13-11-7(3)8(4)12-14-10(18)16-6-2/h5-6H2,1-4H3,(H,13,17)(H,14,18). The normalized spacial score (nSPS) is 11.8. The van der Waals surface area contributed by atoms with Crippen LogP contribution in [0.15, 0.2) is 10.2 Å². The van der Waals surface area contributed by atoms with Crippen molar-refractivity contribution >= 4 is 46.2 Å². The van der Waals surface area contributed by atoms with Gasteiger partial charge in [0, 0.05) is 0 Å². The maximum absolute atomic E-state index is 5.02. The Bertz CT molecular complexity index is 322. The quantitative estimate of drug-likeness (QED) is 0.455. The second-order valence-corrected chi connectivity index (χ2v) is 3.80. The minimum atomic E-state index is 0.224. The van der Waals surface area contributed by atoms with E-state index in [2.05, 4.69) is 21.1 Å². The summed E-state index contributed by atoms with van der Waals surface area (Å²) in [4.78, 5) is 0. The lowest BCUT2D eigenvalue weighted by Gasteiger charge is -2.06. The molecule has 0 heterocycles. The van der Waals surface area contributed by atoms with Gasteiger partial charge in [-0.15, -0.1) is 0 Å². The van der Waals surface area contributed by atoms with Crippen molar-refractivity contribution in [1.29, 1.82) is 0 Å². The van der Waals surface area contributed by atoms with Gasteiger partial charge in [-0.05, 0) is 52.1 Å². The molecule has 0 bridgehead atoms. The molecular formula is C10H18N4O2S2. The lowest BCUT2D eigenvalue weighted by atomic mass is 10.3. The first-order chi connectivity index (χ1) is 8.51. The van der Waals surface area contributed by atoms with Crippen LogP contribution < -0.4 is 10.9 Å². The van der Waals surface area contributed by atoms with Gasteiger partial charge in [-0.1, -0.05) is 0 Å². The van der Waals surface area contributed by atoms with Crippen molar-refractivity contribution in [3.63, 3.8) is 0 Å². The van der Waals surface area contributed by atoms with Gasteiger partial charge < -0.3 is 9.47 Å². The number of nitrogens with zero attached hydrogens (tertiary/aromatic N) is 2. The van der Waals surface area contributed by atoms with E-state index in [1.165, 1.54) is 0 Å². The Hall–Kier alpha value is -1.28. The number of hydrogen-bond acceptors (Lipinski definition) is 6. The SMILES string of the molecule is CCOC(=S)NN=C(C)C(C)=NNC(=S)OCC. The Labute approximate surface area is 118 Å². The van der Waals surface area contributed by atoms with Crippen LogP contribution in [0.4, 0.5) is 0 Å². The molecule has 0 aromatic heterocycles. The van der Waals surface area contributed by atoms with E-state index in [9.17, 15) is 0 Å². The zero-order valence-electron chi connectivity index (χ0n) is 10.9. The topological polar surface area (TPSA) is 67.2 Å². The van der Waals surface area contributed by atoms with Crippen LogP contribution in [0.3, 0.4) is 0 Å². The average Bonchev–Trinajstić information content (AvgIpc) is 2.33. The number of nitrogens with one attached hydrogen (secondary N) is 2. The van der Waals surface area contributed by atoms with Crippen molar-refractivity contribution < 1.29 is 9.47 Å². The minimum absolute atomic E-state index is 0.224. The highest BCUT2D eigenvalue weighted by atomic mass is 32.1. The van der Waals surface area contributed by atoms with E-state index in [1.807, 2.05) is 13.8 Å². The van der Waals surface area contributed by atoms with Crippen LogP contribution in [0.25, 0.3) is 0 Å². The molecule has 8 heteroatoms.